The van der Waals surface area contributed by atoms with Gasteiger partial charge in [-0.25, -0.2) is 0 Å². The molecule has 248 valence electrons. The predicted octanol–water partition coefficient (Wildman–Crippen LogP) is 12.9. The second kappa shape index (κ2) is 13.4. The summed E-state index contributed by atoms with van der Waals surface area (Å²) in [5.41, 5.74) is 3.15. The van der Waals surface area contributed by atoms with E-state index in [1.807, 2.05) is 0 Å². The largest absolute Gasteiger partial charge is 0.327 e. The predicted molar refractivity (Wildman–Crippen MR) is 186 cm³/mol. The fourth-order valence-corrected chi connectivity index (χ4v) is 19.9. The molecule has 0 aromatic heterocycles. The van der Waals surface area contributed by atoms with Crippen molar-refractivity contribution < 1.29 is 21.1 Å². The molecule has 6 aliphatic rings. The molecule has 6 rings (SSSR count). The zero-order valence-electron chi connectivity index (χ0n) is 30.3. The summed E-state index contributed by atoms with van der Waals surface area (Å²) in [6, 6.07) is 0. The van der Waals surface area contributed by atoms with Gasteiger partial charge in [0.1, 0.15) is 0 Å². The summed E-state index contributed by atoms with van der Waals surface area (Å²) in [7, 11) is -1.40. The molecule has 0 aliphatic heterocycles. The van der Waals surface area contributed by atoms with Crippen LogP contribution in [0.4, 0.5) is 0 Å². The smallest absolute Gasteiger partial charge is 0.0251 e. The minimum Gasteiger partial charge on any atom is -0.327 e. The van der Waals surface area contributed by atoms with Gasteiger partial charge in [0.05, 0.1) is 0 Å². The van der Waals surface area contributed by atoms with E-state index in [1.54, 1.807) is 70.6 Å². The van der Waals surface area contributed by atoms with Crippen LogP contribution in [0.3, 0.4) is 0 Å². The van der Waals surface area contributed by atoms with Crippen molar-refractivity contribution >= 4 is 8.07 Å². The average Bonchev–Trinajstić information content (AvgIpc) is 3.53. The molecule has 0 bridgehead atoms. The van der Waals surface area contributed by atoms with Crippen LogP contribution in [0.25, 0.3) is 0 Å². The zero-order valence-corrected chi connectivity index (χ0v) is 34.2. The van der Waals surface area contributed by atoms with Crippen LogP contribution in [0.1, 0.15) is 151 Å². The van der Waals surface area contributed by atoms with Gasteiger partial charge >= 0.3 is 0 Å². The Hall–Kier alpha value is 0.905. The molecular weight excluding hydrogens is 704 g/mol. The van der Waals surface area contributed by atoms with Gasteiger partial charge in [0.25, 0.3) is 0 Å². The van der Waals surface area contributed by atoms with E-state index in [0.29, 0.717) is 10.8 Å². The van der Waals surface area contributed by atoms with Crippen LogP contribution in [0.15, 0.2) is 0 Å². The Kier molecular flexibility index (Phi) is 11.0. The fourth-order valence-electron chi connectivity index (χ4n) is 14.1. The number of hydrogen-bond acceptors (Lipinski definition) is 0. The molecule has 43 heavy (non-hydrogen) atoms. The second-order valence-electron chi connectivity index (χ2n) is 20.4. The zero-order chi connectivity index (χ0) is 30.0. The first kappa shape index (κ1) is 35.2. The van der Waals surface area contributed by atoms with Crippen LogP contribution in [0, 0.1) is 82.3 Å². The molecule has 9 atom stereocenters. The standard InChI is InChI=1S/C41H73Si.W/c1-27-26-37-33(29-18-22-31(23-19-29)41(5,6)7)13-11-15-36(37)39(27)42(8,9)38-25-24-34-32(12-10-14-35(34)38)28-16-20-30(21-17-28)40(2,3)4;/h25,27-39H,10-24,26H2,1-9H3;/q-1;. The summed E-state index contributed by atoms with van der Waals surface area (Å²) in [4.78, 5) is 0. The van der Waals surface area contributed by atoms with E-state index in [9.17, 15) is 0 Å². The Morgan fingerprint density at radius 1 is 0.535 bits per heavy atom. The fraction of sp³-hybridized carbons (Fsp3) is 0.976. The van der Waals surface area contributed by atoms with Crippen molar-refractivity contribution in [1.82, 2.24) is 0 Å². The van der Waals surface area contributed by atoms with Crippen molar-refractivity contribution in [3.05, 3.63) is 6.42 Å². The first-order chi connectivity index (χ1) is 19.8. The number of hydrogen-bond donors (Lipinski definition) is 0. The Balaban J connectivity index is 0.00000368. The van der Waals surface area contributed by atoms with Gasteiger partial charge in [-0.15, -0.1) is 0 Å². The third-order valence-corrected chi connectivity index (χ3v) is 21.2. The normalized spacial score (nSPS) is 46.1. The maximum atomic E-state index is 3.01. The maximum Gasteiger partial charge on any atom is 0.0251 e. The van der Waals surface area contributed by atoms with Crippen molar-refractivity contribution in [2.24, 2.45) is 75.9 Å². The van der Waals surface area contributed by atoms with Crippen molar-refractivity contribution in [2.45, 2.75) is 175 Å². The minimum atomic E-state index is -1.40. The molecule has 0 spiro atoms. The van der Waals surface area contributed by atoms with Gasteiger partial charge in [-0.2, -0.15) is 12.0 Å². The third-order valence-electron chi connectivity index (χ3n) is 16.1. The van der Waals surface area contributed by atoms with Crippen molar-refractivity contribution in [1.29, 1.82) is 0 Å². The molecule has 6 fully saturated rings. The molecule has 9 unspecified atom stereocenters. The first-order valence-electron chi connectivity index (χ1n) is 19.6. The van der Waals surface area contributed by atoms with Gasteiger partial charge in [0, 0.05) is 29.1 Å². The van der Waals surface area contributed by atoms with Crippen LogP contribution in [-0.2, 0) is 21.1 Å². The molecule has 0 saturated heterocycles. The third kappa shape index (κ3) is 6.91. The van der Waals surface area contributed by atoms with Crippen LogP contribution < -0.4 is 0 Å². The van der Waals surface area contributed by atoms with E-state index >= 15 is 0 Å². The van der Waals surface area contributed by atoms with E-state index in [1.165, 1.54) is 32.1 Å². The van der Waals surface area contributed by atoms with Crippen LogP contribution in [0.2, 0.25) is 24.2 Å². The van der Waals surface area contributed by atoms with E-state index < -0.39 is 8.07 Å². The van der Waals surface area contributed by atoms with E-state index in [0.717, 1.165) is 76.2 Å². The molecule has 0 heterocycles. The Morgan fingerprint density at radius 2 is 0.977 bits per heavy atom. The summed E-state index contributed by atoms with van der Waals surface area (Å²) >= 11 is 0. The average molecular weight is 778 g/mol. The van der Waals surface area contributed by atoms with Crippen molar-refractivity contribution in [3.63, 3.8) is 0 Å². The summed E-state index contributed by atoms with van der Waals surface area (Å²) in [5, 5.41) is 0. The van der Waals surface area contributed by atoms with Gasteiger partial charge in [-0.3, -0.25) is 0 Å². The Bertz CT molecular complexity index is 894. The molecule has 0 nitrogen and oxygen atoms in total. The van der Waals surface area contributed by atoms with Crippen molar-refractivity contribution in [3.8, 4) is 0 Å². The topological polar surface area (TPSA) is 0 Å². The molecule has 0 aromatic rings. The van der Waals surface area contributed by atoms with Gasteiger partial charge < -0.3 is 6.42 Å². The van der Waals surface area contributed by atoms with E-state index in [4.69, 9.17) is 0 Å². The van der Waals surface area contributed by atoms with Gasteiger partial charge in [0.2, 0.25) is 0 Å². The van der Waals surface area contributed by atoms with Gasteiger partial charge in [-0.05, 0) is 140 Å². The molecular formula is C41H73SiW-. The summed E-state index contributed by atoms with van der Waals surface area (Å²) in [6.45, 7) is 23.6. The van der Waals surface area contributed by atoms with Gasteiger partial charge in [0.15, 0.2) is 0 Å². The van der Waals surface area contributed by atoms with Crippen LogP contribution in [-0.4, -0.2) is 8.07 Å². The quantitative estimate of drug-likeness (QED) is 0.197. The van der Waals surface area contributed by atoms with Crippen LogP contribution in [0.5, 0.6) is 0 Å². The van der Waals surface area contributed by atoms with E-state index in [2.05, 4.69) is 68.0 Å². The number of fused-ring (bicyclic) bond motifs is 2. The molecule has 0 aromatic carbocycles. The molecule has 0 amide bonds. The Morgan fingerprint density at radius 3 is 1.47 bits per heavy atom. The molecule has 6 saturated carbocycles. The minimum absolute atomic E-state index is 0. The molecule has 2 heteroatoms. The summed E-state index contributed by atoms with van der Waals surface area (Å²) in [6.07, 6.45) is 27.7. The van der Waals surface area contributed by atoms with Gasteiger partial charge in [-0.1, -0.05) is 99.1 Å². The second-order valence-corrected chi connectivity index (χ2v) is 25.3. The maximum absolute atomic E-state index is 3.01. The molecule has 0 radical (unpaired) electrons. The number of rotatable bonds is 4. The summed E-state index contributed by atoms with van der Waals surface area (Å²) < 4.78 is 0. The van der Waals surface area contributed by atoms with Crippen molar-refractivity contribution in [2.75, 3.05) is 0 Å². The first-order valence-corrected chi connectivity index (χ1v) is 22.8. The van der Waals surface area contributed by atoms with Crippen LogP contribution >= 0.6 is 0 Å². The molecule has 6 aliphatic carbocycles. The monoisotopic (exact) mass is 777 g/mol. The SMILES string of the molecule is CC1CC2C(C3CCC(C(C)(C)C)CC3)CCCC2C1[Si](C)(C)C1[CH-]CC2C(C3CCC(C(C)(C)C)CC3)CCCC21.[W]. The Labute approximate surface area is 285 Å². The summed E-state index contributed by atoms with van der Waals surface area (Å²) in [5.74, 6) is 11.4. The molecule has 0 N–H and O–H groups in total. The van der Waals surface area contributed by atoms with E-state index in [-0.39, 0.29) is 21.1 Å².